The standard InChI is InChI=1S/C13H18ClIN2O3S/c1-3-21(19,20)17(2)8-4-7-16-13(18)11-6-5-10(14)9-12(11)15/h5-6,9H,3-4,7-8H2,1-2H3,(H,16,18). The molecule has 118 valence electrons. The van der Waals surface area contributed by atoms with Gasteiger partial charge in [0.2, 0.25) is 10.0 Å². The summed E-state index contributed by atoms with van der Waals surface area (Å²) in [5.41, 5.74) is 0.564. The number of halogens is 2. The SMILES string of the molecule is CCS(=O)(=O)N(C)CCCNC(=O)c1ccc(Cl)cc1I. The molecule has 1 amide bonds. The third-order valence-electron chi connectivity index (χ3n) is 2.95. The van der Waals surface area contributed by atoms with E-state index in [2.05, 4.69) is 27.9 Å². The molecule has 0 radical (unpaired) electrons. The maximum atomic E-state index is 12.0. The normalized spacial score (nSPS) is 11.7. The molecule has 1 rings (SSSR count). The second-order valence-corrected chi connectivity index (χ2v) is 8.42. The van der Waals surface area contributed by atoms with Crippen LogP contribution in [0.2, 0.25) is 5.02 Å². The summed E-state index contributed by atoms with van der Waals surface area (Å²) >= 11 is 7.90. The molecule has 0 spiro atoms. The number of carbonyl (C=O) groups is 1. The number of nitrogens with one attached hydrogen (secondary N) is 1. The Morgan fingerprint density at radius 3 is 2.67 bits per heavy atom. The number of hydrogen-bond donors (Lipinski definition) is 1. The molecule has 0 saturated carbocycles. The predicted octanol–water partition coefficient (Wildman–Crippen LogP) is 2.35. The average Bonchev–Trinajstić information content (AvgIpc) is 2.42. The van der Waals surface area contributed by atoms with Gasteiger partial charge in [0.1, 0.15) is 0 Å². The van der Waals surface area contributed by atoms with E-state index in [1.165, 1.54) is 4.31 Å². The van der Waals surface area contributed by atoms with Gasteiger partial charge < -0.3 is 5.32 Å². The Morgan fingerprint density at radius 1 is 1.43 bits per heavy atom. The van der Waals surface area contributed by atoms with E-state index in [9.17, 15) is 13.2 Å². The molecule has 0 fully saturated rings. The van der Waals surface area contributed by atoms with E-state index in [-0.39, 0.29) is 11.7 Å². The second-order valence-electron chi connectivity index (χ2n) is 4.46. The topological polar surface area (TPSA) is 66.5 Å². The lowest BCUT2D eigenvalue weighted by molar-refractivity contribution is 0.0952. The molecule has 0 heterocycles. The van der Waals surface area contributed by atoms with Gasteiger partial charge in [-0.3, -0.25) is 4.79 Å². The van der Waals surface area contributed by atoms with E-state index in [0.29, 0.717) is 30.1 Å². The third-order valence-corrected chi connectivity index (χ3v) is 5.94. The van der Waals surface area contributed by atoms with Crippen molar-refractivity contribution < 1.29 is 13.2 Å². The first-order valence-electron chi connectivity index (χ1n) is 6.45. The van der Waals surface area contributed by atoms with Crippen molar-refractivity contribution in [3.05, 3.63) is 32.4 Å². The number of rotatable bonds is 7. The fraction of sp³-hybridized carbons (Fsp3) is 0.462. The number of carbonyl (C=O) groups excluding carboxylic acids is 1. The number of hydrogen-bond acceptors (Lipinski definition) is 3. The molecule has 0 unspecified atom stereocenters. The zero-order valence-electron chi connectivity index (χ0n) is 11.9. The molecule has 0 aliphatic rings. The molecule has 1 aromatic carbocycles. The van der Waals surface area contributed by atoms with E-state index in [0.717, 1.165) is 3.57 Å². The van der Waals surface area contributed by atoms with E-state index in [4.69, 9.17) is 11.6 Å². The van der Waals surface area contributed by atoms with Gasteiger partial charge in [0.25, 0.3) is 5.91 Å². The molecular formula is C13H18ClIN2O3S. The van der Waals surface area contributed by atoms with Crippen LogP contribution in [0.3, 0.4) is 0 Å². The first kappa shape index (κ1) is 18.7. The Labute approximate surface area is 144 Å². The van der Waals surface area contributed by atoms with Gasteiger partial charge in [-0.25, -0.2) is 12.7 Å². The van der Waals surface area contributed by atoms with Crippen LogP contribution in [0.4, 0.5) is 0 Å². The van der Waals surface area contributed by atoms with Crippen LogP contribution in [0.15, 0.2) is 18.2 Å². The Balaban J connectivity index is 2.44. The molecular weight excluding hydrogens is 427 g/mol. The predicted molar refractivity (Wildman–Crippen MR) is 93.2 cm³/mol. The summed E-state index contributed by atoms with van der Waals surface area (Å²) in [6.07, 6.45) is 0.561. The fourth-order valence-corrected chi connectivity index (χ4v) is 3.60. The third kappa shape index (κ3) is 5.72. The number of sulfonamides is 1. The van der Waals surface area contributed by atoms with Gasteiger partial charge in [0.05, 0.1) is 11.3 Å². The lowest BCUT2D eigenvalue weighted by atomic mass is 10.2. The Bertz CT molecular complexity index is 607. The summed E-state index contributed by atoms with van der Waals surface area (Å²) in [6, 6.07) is 5.06. The van der Waals surface area contributed by atoms with Gasteiger partial charge in [-0.05, 0) is 54.1 Å². The van der Waals surface area contributed by atoms with Crippen molar-refractivity contribution in [3.8, 4) is 0 Å². The van der Waals surface area contributed by atoms with Crippen molar-refractivity contribution in [3.63, 3.8) is 0 Å². The van der Waals surface area contributed by atoms with E-state index >= 15 is 0 Å². The van der Waals surface area contributed by atoms with E-state index in [1.807, 2.05) is 0 Å². The van der Waals surface area contributed by atoms with Gasteiger partial charge in [-0.2, -0.15) is 0 Å². The summed E-state index contributed by atoms with van der Waals surface area (Å²) in [7, 11) is -1.61. The minimum atomic E-state index is -3.16. The number of benzene rings is 1. The second kappa shape index (κ2) is 8.30. The monoisotopic (exact) mass is 444 g/mol. The minimum absolute atomic E-state index is 0.0822. The molecule has 0 aliphatic carbocycles. The molecule has 1 aromatic rings. The highest BCUT2D eigenvalue weighted by Gasteiger charge is 2.14. The zero-order valence-corrected chi connectivity index (χ0v) is 15.6. The Morgan fingerprint density at radius 2 is 2.10 bits per heavy atom. The van der Waals surface area contributed by atoms with Crippen LogP contribution in [0.25, 0.3) is 0 Å². The zero-order chi connectivity index (χ0) is 16.0. The van der Waals surface area contributed by atoms with Crippen LogP contribution < -0.4 is 5.32 Å². The number of nitrogens with zero attached hydrogens (tertiary/aromatic N) is 1. The first-order chi connectivity index (χ1) is 9.77. The molecule has 0 atom stereocenters. The summed E-state index contributed by atoms with van der Waals surface area (Å²) in [5.74, 6) is -0.101. The van der Waals surface area contributed by atoms with Gasteiger partial charge in [0.15, 0.2) is 0 Å². The number of amides is 1. The Kier molecular flexibility index (Phi) is 7.38. The van der Waals surface area contributed by atoms with E-state index < -0.39 is 10.0 Å². The summed E-state index contributed by atoms with van der Waals surface area (Å²) in [6.45, 7) is 2.41. The largest absolute Gasteiger partial charge is 0.352 e. The highest BCUT2D eigenvalue weighted by atomic mass is 127. The maximum Gasteiger partial charge on any atom is 0.252 e. The van der Waals surface area contributed by atoms with Crippen molar-refractivity contribution in [2.45, 2.75) is 13.3 Å². The fourth-order valence-electron chi connectivity index (χ4n) is 1.63. The molecule has 0 aliphatic heterocycles. The Hall–Kier alpha value is -0.380. The molecule has 5 nitrogen and oxygen atoms in total. The minimum Gasteiger partial charge on any atom is -0.352 e. The van der Waals surface area contributed by atoms with Crippen molar-refractivity contribution in [1.82, 2.24) is 9.62 Å². The van der Waals surface area contributed by atoms with Crippen molar-refractivity contribution >= 4 is 50.1 Å². The highest BCUT2D eigenvalue weighted by Crippen LogP contribution is 2.17. The average molecular weight is 445 g/mol. The van der Waals surface area contributed by atoms with Crippen LogP contribution in [0.5, 0.6) is 0 Å². The quantitative estimate of drug-likeness (QED) is 0.519. The van der Waals surface area contributed by atoms with Gasteiger partial charge in [-0.1, -0.05) is 11.6 Å². The molecule has 1 N–H and O–H groups in total. The van der Waals surface area contributed by atoms with Gasteiger partial charge in [0, 0.05) is 28.7 Å². The van der Waals surface area contributed by atoms with Crippen molar-refractivity contribution in [1.29, 1.82) is 0 Å². The van der Waals surface area contributed by atoms with E-state index in [1.54, 1.807) is 32.2 Å². The van der Waals surface area contributed by atoms with Crippen LogP contribution in [-0.2, 0) is 10.0 Å². The summed E-state index contributed by atoms with van der Waals surface area (Å²) < 4.78 is 25.2. The van der Waals surface area contributed by atoms with Crippen LogP contribution in [0.1, 0.15) is 23.7 Å². The molecule has 0 bridgehead atoms. The van der Waals surface area contributed by atoms with Crippen LogP contribution >= 0.6 is 34.2 Å². The lowest BCUT2D eigenvalue weighted by Gasteiger charge is -2.15. The van der Waals surface area contributed by atoms with Gasteiger partial charge in [-0.15, -0.1) is 0 Å². The van der Waals surface area contributed by atoms with Crippen LogP contribution in [0, 0.1) is 3.57 Å². The molecule has 8 heteroatoms. The first-order valence-corrected chi connectivity index (χ1v) is 9.51. The maximum absolute atomic E-state index is 12.0. The highest BCUT2D eigenvalue weighted by molar-refractivity contribution is 14.1. The van der Waals surface area contributed by atoms with Crippen molar-refractivity contribution in [2.24, 2.45) is 0 Å². The smallest absolute Gasteiger partial charge is 0.252 e. The summed E-state index contributed by atoms with van der Waals surface area (Å²) in [5, 5.41) is 3.36. The molecule has 0 saturated heterocycles. The lowest BCUT2D eigenvalue weighted by Crippen LogP contribution is -2.32. The molecule has 0 aromatic heterocycles. The van der Waals surface area contributed by atoms with Crippen LogP contribution in [-0.4, -0.2) is 44.5 Å². The summed E-state index contributed by atoms with van der Waals surface area (Å²) in [4.78, 5) is 12.0. The van der Waals surface area contributed by atoms with Gasteiger partial charge >= 0.3 is 0 Å². The molecule has 21 heavy (non-hydrogen) atoms. The van der Waals surface area contributed by atoms with Crippen molar-refractivity contribution in [2.75, 3.05) is 25.9 Å².